The number of nitrogens with one attached hydrogen (secondary N) is 2. The normalized spacial score (nSPS) is 23.1. The molecule has 14 heteroatoms. The minimum atomic E-state index is -0.867. The molecule has 8 rings (SSSR count). The number of fused-ring (bicyclic) bond motifs is 1. The summed E-state index contributed by atoms with van der Waals surface area (Å²) in [6.45, 7) is 18.5. The molecule has 3 aliphatic heterocycles. The first-order valence-electron chi connectivity index (χ1n) is 20.8. The number of ether oxygens (including phenoxy) is 1. The van der Waals surface area contributed by atoms with Crippen LogP contribution in [0.3, 0.4) is 0 Å². The van der Waals surface area contributed by atoms with Gasteiger partial charge in [-0.2, -0.15) is 9.65 Å². The van der Waals surface area contributed by atoms with Crippen LogP contribution in [0.1, 0.15) is 75.3 Å². The van der Waals surface area contributed by atoms with Crippen molar-refractivity contribution in [1.82, 2.24) is 25.3 Å². The van der Waals surface area contributed by atoms with Crippen molar-refractivity contribution in [2.45, 2.75) is 71.6 Å². The third-order valence-electron chi connectivity index (χ3n) is 13.3. The summed E-state index contributed by atoms with van der Waals surface area (Å²) in [4.78, 5) is 46.5. The largest absolute Gasteiger partial charge is 0.489 e. The number of hydrogen-bond acceptors (Lipinski definition) is 9. The minimum Gasteiger partial charge on any atom is -0.489 e. The molecule has 12 nitrogen and oxygen atoms in total. The number of nitriles is 1. The third-order valence-corrected chi connectivity index (χ3v) is 13.6. The average Bonchev–Trinajstić information content (AvgIpc) is 3.23. The number of hydrogen-bond donors (Lipinski definition) is 2. The van der Waals surface area contributed by atoms with Gasteiger partial charge in [0.15, 0.2) is 0 Å². The van der Waals surface area contributed by atoms with Crippen molar-refractivity contribution in [2.24, 2.45) is 16.7 Å². The van der Waals surface area contributed by atoms with Crippen LogP contribution in [-0.2, 0) is 4.79 Å². The summed E-state index contributed by atoms with van der Waals surface area (Å²) in [7, 11) is 0. The predicted molar refractivity (Wildman–Crippen MR) is 231 cm³/mol. The Bertz CT molecular complexity index is 2410. The first-order chi connectivity index (χ1) is 28.6. The number of halogens is 2. The zero-order chi connectivity index (χ0) is 42.5. The molecular formula is C46H52ClFN8O4. The van der Waals surface area contributed by atoms with Crippen molar-refractivity contribution in [3.63, 3.8) is 0 Å². The number of nitrogens with zero attached hydrogens (tertiary/aromatic N) is 6. The molecule has 60 heavy (non-hydrogen) atoms. The fraction of sp³-hybridized carbons (Fsp3) is 0.457. The molecule has 4 fully saturated rings. The highest BCUT2D eigenvalue weighted by atomic mass is 35.5. The smallest absolute Gasteiger partial charge is 0.275 e. The molecule has 1 aliphatic carbocycles. The lowest BCUT2D eigenvalue weighted by Crippen LogP contribution is -2.74. The summed E-state index contributed by atoms with van der Waals surface area (Å²) in [5, 5.41) is 19.8. The Balaban J connectivity index is 0.801. The van der Waals surface area contributed by atoms with Gasteiger partial charge < -0.3 is 25.2 Å². The molecule has 4 aliphatic rings. The van der Waals surface area contributed by atoms with Crippen LogP contribution in [0.5, 0.6) is 5.75 Å². The number of aromatic nitrogens is 2. The Morgan fingerprint density at radius 1 is 0.933 bits per heavy atom. The highest BCUT2D eigenvalue weighted by Gasteiger charge is 2.64. The SMILES string of the molecule is C=C1CC[C@@H](n2nc(F)c3cc(N4CCN(CC5CCN(c6ccc(C(=O)N[C@H]7C(C)(C)[C@H](Oc8ccc(C#N)c(Cl)c8)C7(C)C)cc6)CC5)CC4)ccc3c2=O)C(=O)N1. The first-order valence-corrected chi connectivity index (χ1v) is 21.2. The summed E-state index contributed by atoms with van der Waals surface area (Å²) >= 11 is 6.26. The zero-order valence-corrected chi connectivity index (χ0v) is 35.4. The van der Waals surface area contributed by atoms with Crippen molar-refractivity contribution >= 4 is 45.6 Å². The molecule has 1 aromatic heterocycles. The molecule has 4 aromatic rings. The second-order valence-electron chi connectivity index (χ2n) is 18.0. The van der Waals surface area contributed by atoms with E-state index in [-0.39, 0.29) is 39.7 Å². The van der Waals surface area contributed by atoms with Crippen LogP contribution in [0.25, 0.3) is 10.8 Å². The molecular weight excluding hydrogens is 783 g/mol. The van der Waals surface area contributed by atoms with E-state index in [1.54, 1.807) is 30.3 Å². The van der Waals surface area contributed by atoms with E-state index in [0.717, 1.165) is 74.7 Å². The number of carbonyl (C=O) groups is 2. The molecule has 2 N–H and O–H groups in total. The Morgan fingerprint density at radius 3 is 2.25 bits per heavy atom. The standard InChI is InChI=1S/C46H52ClFN8O4/c1-28-6-15-38(41(58)50-28)56-42(59)35-14-12-33(24-36(35)39(48)52-56)55-22-20-53(21-23-55)27-29-16-18-54(19-17-29)32-10-7-30(8-11-32)40(57)51-43-45(2,3)44(46(43,4)5)60-34-13-9-31(26-49)37(47)25-34/h7-14,24-25,29,38,43-44H,1,6,15-23,27H2,2-5H3,(H,50,58)(H,51,57)/t38-,43-,44-/m1/s1. The van der Waals surface area contributed by atoms with Gasteiger partial charge in [-0.3, -0.25) is 19.3 Å². The van der Waals surface area contributed by atoms with Crippen molar-refractivity contribution in [3.05, 3.63) is 105 Å². The predicted octanol–water partition coefficient (Wildman–Crippen LogP) is 6.68. The van der Waals surface area contributed by atoms with Gasteiger partial charge in [0.05, 0.1) is 16.0 Å². The number of rotatable bonds is 9. The molecule has 3 aromatic carbocycles. The number of amides is 2. The van der Waals surface area contributed by atoms with Crippen LogP contribution < -0.4 is 30.7 Å². The van der Waals surface area contributed by atoms with Gasteiger partial charge in [-0.25, -0.2) is 4.68 Å². The van der Waals surface area contributed by atoms with Gasteiger partial charge in [0.25, 0.3) is 11.5 Å². The van der Waals surface area contributed by atoms with E-state index in [1.807, 2.05) is 30.3 Å². The quantitative estimate of drug-likeness (QED) is 0.190. The van der Waals surface area contributed by atoms with Gasteiger partial charge in [-0.05, 0) is 86.2 Å². The number of allylic oxidation sites excluding steroid dienone is 1. The maximum atomic E-state index is 15.4. The highest BCUT2D eigenvalue weighted by molar-refractivity contribution is 6.31. The van der Waals surface area contributed by atoms with E-state index in [1.165, 1.54) is 0 Å². The summed E-state index contributed by atoms with van der Waals surface area (Å²) in [5.74, 6) is -0.0910. The second kappa shape index (κ2) is 16.2. The van der Waals surface area contributed by atoms with Crippen molar-refractivity contribution in [1.29, 1.82) is 5.26 Å². The monoisotopic (exact) mass is 834 g/mol. The van der Waals surface area contributed by atoms with Gasteiger partial charge in [-0.1, -0.05) is 45.9 Å². The summed E-state index contributed by atoms with van der Waals surface area (Å²) < 4.78 is 22.7. The Labute approximate surface area is 354 Å². The Morgan fingerprint density at radius 2 is 1.60 bits per heavy atom. The van der Waals surface area contributed by atoms with Crippen LogP contribution in [0.4, 0.5) is 15.8 Å². The van der Waals surface area contributed by atoms with E-state index in [4.69, 9.17) is 16.3 Å². The lowest BCUT2D eigenvalue weighted by atomic mass is 9.49. The fourth-order valence-electron chi connectivity index (χ4n) is 10.2. The lowest BCUT2D eigenvalue weighted by molar-refractivity contribution is -0.164. The Hall–Kier alpha value is -5.45. The number of piperazine rings is 1. The van der Waals surface area contributed by atoms with Crippen molar-refractivity contribution in [3.8, 4) is 11.8 Å². The Kier molecular flexibility index (Phi) is 11.1. The maximum Gasteiger partial charge on any atom is 0.275 e. The minimum absolute atomic E-state index is 0.112. The van der Waals surface area contributed by atoms with E-state index in [0.29, 0.717) is 46.4 Å². The van der Waals surface area contributed by atoms with Gasteiger partial charge in [0.2, 0.25) is 11.9 Å². The second-order valence-corrected chi connectivity index (χ2v) is 18.4. The summed E-state index contributed by atoms with van der Waals surface area (Å²) in [5.41, 5.74) is 2.39. The maximum absolute atomic E-state index is 15.4. The average molecular weight is 835 g/mol. The number of benzene rings is 3. The summed E-state index contributed by atoms with van der Waals surface area (Å²) in [6, 6.07) is 19.3. The molecule has 1 atom stereocenters. The molecule has 3 saturated heterocycles. The van der Waals surface area contributed by atoms with Gasteiger partial charge in [0, 0.05) is 96.8 Å². The molecule has 0 radical (unpaired) electrons. The number of anilines is 2. The number of piperidine rings is 2. The van der Waals surface area contributed by atoms with Crippen LogP contribution in [0.15, 0.2) is 77.7 Å². The molecule has 0 bridgehead atoms. The van der Waals surface area contributed by atoms with Crippen LogP contribution in [0.2, 0.25) is 5.02 Å². The topological polar surface area (TPSA) is 136 Å². The highest BCUT2D eigenvalue weighted by Crippen LogP contribution is 2.55. The van der Waals surface area contributed by atoms with Crippen LogP contribution in [0, 0.1) is 34.0 Å². The number of carbonyl (C=O) groups excluding carboxylic acids is 2. The van der Waals surface area contributed by atoms with Crippen molar-refractivity contribution in [2.75, 3.05) is 55.6 Å². The molecule has 0 spiro atoms. The molecule has 314 valence electrons. The van der Waals surface area contributed by atoms with E-state index in [9.17, 15) is 19.6 Å². The van der Waals surface area contributed by atoms with E-state index >= 15 is 4.39 Å². The zero-order valence-electron chi connectivity index (χ0n) is 34.6. The third kappa shape index (κ3) is 7.83. The summed E-state index contributed by atoms with van der Waals surface area (Å²) in [6.07, 6.45) is 2.83. The van der Waals surface area contributed by atoms with Crippen LogP contribution in [-0.4, -0.2) is 84.5 Å². The van der Waals surface area contributed by atoms with Crippen LogP contribution >= 0.6 is 11.6 Å². The van der Waals surface area contributed by atoms with Gasteiger partial charge in [0.1, 0.15) is 24.0 Å². The molecule has 1 saturated carbocycles. The van der Waals surface area contributed by atoms with E-state index < -0.39 is 23.5 Å². The molecule has 2 amide bonds. The fourth-order valence-corrected chi connectivity index (χ4v) is 10.4. The molecule has 4 heterocycles. The van der Waals surface area contributed by atoms with Gasteiger partial charge in [-0.15, -0.1) is 5.10 Å². The molecule has 0 unspecified atom stereocenters. The lowest BCUT2D eigenvalue weighted by Gasteiger charge is -2.63. The van der Waals surface area contributed by atoms with E-state index in [2.05, 4.69) is 70.8 Å². The van der Waals surface area contributed by atoms with Gasteiger partial charge >= 0.3 is 0 Å². The first kappa shape index (κ1) is 41.3. The van der Waals surface area contributed by atoms with Crippen molar-refractivity contribution < 1.29 is 18.7 Å².